The van der Waals surface area contributed by atoms with Crippen LogP contribution in [-0.2, 0) is 0 Å². The minimum atomic E-state index is -0.173. The van der Waals surface area contributed by atoms with Gasteiger partial charge in [-0.25, -0.2) is 4.68 Å². The van der Waals surface area contributed by atoms with E-state index in [1.807, 2.05) is 0 Å². The van der Waals surface area contributed by atoms with Crippen molar-refractivity contribution in [2.24, 2.45) is 5.73 Å². The number of aromatic nitrogens is 2. The van der Waals surface area contributed by atoms with Crippen molar-refractivity contribution in [2.45, 2.75) is 20.8 Å². The Bertz CT molecular complexity index is 383. The van der Waals surface area contributed by atoms with Crippen LogP contribution in [0.2, 0.25) is 0 Å². The molecule has 0 aliphatic heterocycles. The van der Waals surface area contributed by atoms with E-state index in [1.54, 1.807) is 13.8 Å². The van der Waals surface area contributed by atoms with E-state index in [2.05, 4.69) is 5.10 Å². The third-order valence-electron chi connectivity index (χ3n) is 1.87. The first-order chi connectivity index (χ1) is 5.95. The number of hydrogen-bond donors (Lipinski definition) is 2. The van der Waals surface area contributed by atoms with Gasteiger partial charge in [0.25, 0.3) is 0 Å². The zero-order chi connectivity index (χ0) is 10.2. The van der Waals surface area contributed by atoms with Gasteiger partial charge in [-0.1, -0.05) is 0 Å². The van der Waals surface area contributed by atoms with E-state index >= 15 is 0 Å². The van der Waals surface area contributed by atoms with E-state index in [-0.39, 0.29) is 24.1 Å². The largest absolute Gasteiger partial charge is 0.368 e. The maximum atomic E-state index is 11.2. The normalized spacial score (nSPS) is 9.36. The number of hydrogen-bond acceptors (Lipinski definition) is 3. The molecule has 0 atom stereocenters. The summed E-state index contributed by atoms with van der Waals surface area (Å²) in [6.45, 7) is 4.92. The summed E-state index contributed by atoms with van der Waals surface area (Å²) in [4.78, 5) is 11.2. The minimum absolute atomic E-state index is 0. The van der Waals surface area contributed by atoms with Gasteiger partial charge in [0.05, 0.1) is 17.0 Å². The van der Waals surface area contributed by atoms with Gasteiger partial charge in [-0.2, -0.15) is 5.10 Å². The molecule has 0 saturated carbocycles. The summed E-state index contributed by atoms with van der Waals surface area (Å²) in [5.41, 5.74) is 7.05. The molecule has 78 valence electrons. The number of carbonyl (C=O) groups is 1. The molecular formula is C8H13ClN4O. The molecular weight excluding hydrogens is 204 g/mol. The maximum absolute atomic E-state index is 11.2. The predicted octanol–water partition coefficient (Wildman–Crippen LogP) is 0.866. The summed E-state index contributed by atoms with van der Waals surface area (Å²) in [7, 11) is 0. The van der Waals surface area contributed by atoms with Gasteiger partial charge < -0.3 is 5.73 Å². The molecule has 0 aliphatic carbocycles. The topological polar surface area (TPSA) is 84.8 Å². The highest BCUT2D eigenvalue weighted by molar-refractivity contribution is 5.97. The number of nitrogens with zero attached hydrogens (tertiary/aromatic N) is 2. The number of ketones is 1. The lowest BCUT2D eigenvalue weighted by atomic mass is 10.1. The first-order valence-electron chi connectivity index (χ1n) is 3.86. The molecule has 0 spiro atoms. The van der Waals surface area contributed by atoms with Crippen LogP contribution in [0.15, 0.2) is 0 Å². The lowest BCUT2D eigenvalue weighted by Gasteiger charge is -1.99. The summed E-state index contributed by atoms with van der Waals surface area (Å²) >= 11 is 0. The van der Waals surface area contributed by atoms with Crippen molar-refractivity contribution in [3.05, 3.63) is 17.0 Å². The summed E-state index contributed by atoms with van der Waals surface area (Å²) in [5.74, 6) is -0.226. The molecule has 0 unspecified atom stereocenters. The number of nitrogens with two attached hydrogens (primary N) is 1. The van der Waals surface area contributed by atoms with E-state index in [0.29, 0.717) is 17.0 Å². The predicted molar refractivity (Wildman–Crippen MR) is 56.3 cm³/mol. The molecule has 0 aromatic carbocycles. The van der Waals surface area contributed by atoms with E-state index in [9.17, 15) is 4.79 Å². The van der Waals surface area contributed by atoms with E-state index in [1.165, 1.54) is 11.6 Å². The van der Waals surface area contributed by atoms with E-state index in [4.69, 9.17) is 11.1 Å². The monoisotopic (exact) mass is 216 g/mol. The van der Waals surface area contributed by atoms with E-state index in [0.717, 1.165) is 0 Å². The van der Waals surface area contributed by atoms with Crippen molar-refractivity contribution >= 4 is 24.1 Å². The molecule has 3 N–H and O–H groups in total. The van der Waals surface area contributed by atoms with Crippen LogP contribution >= 0.6 is 12.4 Å². The van der Waals surface area contributed by atoms with Crippen molar-refractivity contribution in [2.75, 3.05) is 0 Å². The lowest BCUT2D eigenvalue weighted by Crippen LogP contribution is -2.23. The molecule has 0 bridgehead atoms. The molecule has 1 aromatic heterocycles. The van der Waals surface area contributed by atoms with Crippen LogP contribution in [0, 0.1) is 19.3 Å². The highest BCUT2D eigenvalue weighted by atomic mass is 35.5. The summed E-state index contributed by atoms with van der Waals surface area (Å²) in [6, 6.07) is 0. The average molecular weight is 217 g/mol. The summed E-state index contributed by atoms with van der Waals surface area (Å²) in [6.07, 6.45) is 0. The first kappa shape index (κ1) is 12.6. The van der Waals surface area contributed by atoms with Crippen LogP contribution in [-0.4, -0.2) is 21.5 Å². The number of aryl methyl sites for hydroxylation is 1. The maximum Gasteiger partial charge on any atom is 0.213 e. The Morgan fingerprint density at radius 2 is 2.00 bits per heavy atom. The molecule has 1 aromatic rings. The summed E-state index contributed by atoms with van der Waals surface area (Å²) < 4.78 is 1.26. The van der Waals surface area contributed by atoms with Gasteiger partial charge >= 0.3 is 0 Å². The molecule has 14 heavy (non-hydrogen) atoms. The Balaban J connectivity index is 0.00000169. The van der Waals surface area contributed by atoms with Crippen molar-refractivity contribution in [1.82, 2.24) is 9.78 Å². The van der Waals surface area contributed by atoms with Gasteiger partial charge in [0.1, 0.15) is 0 Å². The van der Waals surface area contributed by atoms with Gasteiger partial charge in [-0.3, -0.25) is 10.2 Å². The first-order valence-corrected chi connectivity index (χ1v) is 3.86. The third-order valence-corrected chi connectivity index (χ3v) is 1.87. The van der Waals surface area contributed by atoms with E-state index < -0.39 is 0 Å². The van der Waals surface area contributed by atoms with Gasteiger partial charge in [-0.15, -0.1) is 12.4 Å². The zero-order valence-corrected chi connectivity index (χ0v) is 9.10. The van der Waals surface area contributed by atoms with Crippen molar-refractivity contribution < 1.29 is 4.79 Å². The van der Waals surface area contributed by atoms with Crippen LogP contribution in [0.4, 0.5) is 0 Å². The van der Waals surface area contributed by atoms with Gasteiger partial charge in [0.2, 0.25) is 5.96 Å². The third kappa shape index (κ3) is 1.93. The second-order valence-electron chi connectivity index (χ2n) is 2.90. The fourth-order valence-corrected chi connectivity index (χ4v) is 1.39. The van der Waals surface area contributed by atoms with Crippen LogP contribution < -0.4 is 5.73 Å². The molecule has 6 heteroatoms. The Labute approximate surface area is 88.2 Å². The number of halogens is 1. The number of carbonyl (C=O) groups excluding carboxylic acids is 1. The second kappa shape index (κ2) is 4.23. The van der Waals surface area contributed by atoms with Gasteiger partial charge in [0, 0.05) is 0 Å². The van der Waals surface area contributed by atoms with Crippen LogP contribution in [0.3, 0.4) is 0 Å². The Hall–Kier alpha value is -1.36. The van der Waals surface area contributed by atoms with Crippen LogP contribution in [0.1, 0.15) is 28.7 Å². The fourth-order valence-electron chi connectivity index (χ4n) is 1.39. The molecule has 5 nitrogen and oxygen atoms in total. The molecule has 0 radical (unpaired) electrons. The van der Waals surface area contributed by atoms with Crippen molar-refractivity contribution in [1.29, 1.82) is 5.41 Å². The van der Waals surface area contributed by atoms with Gasteiger partial charge in [-0.05, 0) is 20.8 Å². The minimum Gasteiger partial charge on any atom is -0.368 e. The second-order valence-corrected chi connectivity index (χ2v) is 2.90. The van der Waals surface area contributed by atoms with Crippen LogP contribution in [0.25, 0.3) is 0 Å². The number of Topliss-reactive ketones (excluding diaryl/α,β-unsaturated/α-hetero) is 1. The number of rotatable bonds is 1. The van der Waals surface area contributed by atoms with Gasteiger partial charge in [0.15, 0.2) is 5.78 Å². The highest BCUT2D eigenvalue weighted by Gasteiger charge is 2.15. The number of nitrogen functional groups attached to an aromatic ring is 1. The molecule has 1 heterocycles. The highest BCUT2D eigenvalue weighted by Crippen LogP contribution is 2.12. The zero-order valence-electron chi connectivity index (χ0n) is 8.29. The fraction of sp³-hybridized carbons (Fsp3) is 0.375. The number of nitrogens with one attached hydrogen (secondary N) is 1. The Morgan fingerprint density at radius 3 is 2.21 bits per heavy atom. The van der Waals surface area contributed by atoms with Crippen molar-refractivity contribution in [3.63, 3.8) is 0 Å². The molecule has 1 rings (SSSR count). The molecule has 0 fully saturated rings. The smallest absolute Gasteiger partial charge is 0.213 e. The average Bonchev–Trinajstić information content (AvgIpc) is 2.26. The Kier molecular flexibility index (Phi) is 3.82. The molecule has 0 aliphatic rings. The lowest BCUT2D eigenvalue weighted by molar-refractivity contribution is 0.101. The quantitative estimate of drug-likeness (QED) is 0.415. The summed E-state index contributed by atoms with van der Waals surface area (Å²) in [5, 5.41) is 11.2. The van der Waals surface area contributed by atoms with Crippen molar-refractivity contribution in [3.8, 4) is 0 Å². The SMILES string of the molecule is CC(=O)c1c(C)nn(C(=N)N)c1C.Cl. The Morgan fingerprint density at radius 1 is 1.50 bits per heavy atom. The standard InChI is InChI=1S/C8H12N4O.ClH/c1-4-7(6(3)13)5(2)12(11-4)8(9)10;/h1-3H3,(H3,9,10);1H. The van der Waals surface area contributed by atoms with Crippen LogP contribution in [0.5, 0.6) is 0 Å². The molecule has 0 amide bonds. The molecule has 0 saturated heterocycles.